The smallest absolute Gasteiger partial charge is 0.123 e. The fourth-order valence-electron chi connectivity index (χ4n) is 3.54. The number of hydrazine groups is 1. The highest BCUT2D eigenvalue weighted by Crippen LogP contribution is 2.30. The van der Waals surface area contributed by atoms with Crippen LogP contribution < -0.4 is 11.3 Å². The van der Waals surface area contributed by atoms with Crippen molar-refractivity contribution < 1.29 is 9.13 Å². The van der Waals surface area contributed by atoms with E-state index in [9.17, 15) is 4.39 Å². The number of benzene rings is 1. The Morgan fingerprint density at radius 2 is 2.05 bits per heavy atom. The molecule has 1 aromatic rings. The summed E-state index contributed by atoms with van der Waals surface area (Å²) in [7, 11) is 1.77. The van der Waals surface area contributed by atoms with Gasteiger partial charge in [-0.25, -0.2) is 4.39 Å². The number of hydrogen-bond donors (Lipinski definition) is 2. The van der Waals surface area contributed by atoms with Gasteiger partial charge in [-0.15, -0.1) is 0 Å². The van der Waals surface area contributed by atoms with Crippen LogP contribution in [0.5, 0.6) is 0 Å². The minimum Gasteiger partial charge on any atom is -0.379 e. The molecule has 0 spiro atoms. The van der Waals surface area contributed by atoms with Crippen LogP contribution >= 0.6 is 0 Å². The van der Waals surface area contributed by atoms with Crippen molar-refractivity contribution in [3.8, 4) is 0 Å². The minimum absolute atomic E-state index is 0.0576. The van der Waals surface area contributed by atoms with Gasteiger partial charge in [-0.05, 0) is 55.4 Å². The number of hydrogen-bond acceptors (Lipinski definition) is 3. The van der Waals surface area contributed by atoms with Gasteiger partial charge in [0.05, 0.1) is 12.1 Å². The van der Waals surface area contributed by atoms with Crippen LogP contribution in [0, 0.1) is 18.7 Å². The highest BCUT2D eigenvalue weighted by Gasteiger charge is 2.30. The topological polar surface area (TPSA) is 47.3 Å². The van der Waals surface area contributed by atoms with Crippen LogP contribution in [0.3, 0.4) is 0 Å². The van der Waals surface area contributed by atoms with Gasteiger partial charge in [0, 0.05) is 7.11 Å². The van der Waals surface area contributed by atoms with Crippen LogP contribution in [-0.2, 0) is 11.2 Å². The summed E-state index contributed by atoms with van der Waals surface area (Å²) in [4.78, 5) is 0. The second-order valence-electron chi connectivity index (χ2n) is 6.15. The molecule has 2 atom stereocenters. The van der Waals surface area contributed by atoms with Crippen molar-refractivity contribution in [3.05, 3.63) is 35.1 Å². The summed E-state index contributed by atoms with van der Waals surface area (Å²) in [5, 5.41) is 0. The Morgan fingerprint density at radius 3 is 2.62 bits per heavy atom. The molecule has 0 saturated heterocycles. The van der Waals surface area contributed by atoms with Crippen LogP contribution in [0.15, 0.2) is 18.2 Å². The van der Waals surface area contributed by atoms with Crippen molar-refractivity contribution >= 4 is 0 Å². The van der Waals surface area contributed by atoms with E-state index in [2.05, 4.69) is 5.43 Å². The normalized spacial score (nSPS) is 19.4. The van der Waals surface area contributed by atoms with E-state index >= 15 is 0 Å². The van der Waals surface area contributed by atoms with Gasteiger partial charge in [-0.1, -0.05) is 25.3 Å². The minimum atomic E-state index is -0.191. The third-order valence-electron chi connectivity index (χ3n) is 4.74. The van der Waals surface area contributed by atoms with Gasteiger partial charge in [0.25, 0.3) is 0 Å². The lowest BCUT2D eigenvalue weighted by molar-refractivity contribution is 0.00824. The number of nitrogens with two attached hydrogens (primary N) is 1. The molecule has 1 aliphatic rings. The molecule has 2 rings (SSSR count). The predicted octanol–water partition coefficient (Wildman–Crippen LogP) is 3.10. The molecule has 0 bridgehead atoms. The molecule has 1 saturated carbocycles. The van der Waals surface area contributed by atoms with Crippen molar-refractivity contribution in [2.24, 2.45) is 11.8 Å². The van der Waals surface area contributed by atoms with E-state index in [-0.39, 0.29) is 18.0 Å². The zero-order valence-corrected chi connectivity index (χ0v) is 13.1. The number of nitrogens with one attached hydrogen (secondary N) is 1. The molecule has 1 fully saturated rings. The standard InChI is InChI=1S/C17H27FN2O/c1-12-10-15(18)9-8-14(12)11-16(20-19)17(21-2)13-6-4-3-5-7-13/h8-10,13,16-17,20H,3-7,11,19H2,1-2H3. The van der Waals surface area contributed by atoms with E-state index < -0.39 is 0 Å². The first kappa shape index (κ1) is 16.4. The molecule has 3 nitrogen and oxygen atoms in total. The molecule has 118 valence electrons. The lowest BCUT2D eigenvalue weighted by Gasteiger charge is -2.34. The Hall–Kier alpha value is -0.970. The maximum atomic E-state index is 13.2. The molecule has 0 aliphatic heterocycles. The molecular formula is C17H27FN2O. The van der Waals surface area contributed by atoms with Crippen molar-refractivity contribution in [2.45, 2.75) is 57.6 Å². The van der Waals surface area contributed by atoms with E-state index in [4.69, 9.17) is 10.6 Å². The summed E-state index contributed by atoms with van der Waals surface area (Å²) in [6.07, 6.45) is 7.16. The van der Waals surface area contributed by atoms with E-state index in [1.807, 2.05) is 13.0 Å². The summed E-state index contributed by atoms with van der Waals surface area (Å²) < 4.78 is 19.0. The molecule has 3 N–H and O–H groups in total. The lowest BCUT2D eigenvalue weighted by atomic mass is 9.81. The van der Waals surface area contributed by atoms with Gasteiger partial charge in [0.15, 0.2) is 0 Å². The SMILES string of the molecule is COC(C1CCCCC1)C(Cc1ccc(F)cc1C)NN. The highest BCUT2D eigenvalue weighted by molar-refractivity contribution is 5.27. The van der Waals surface area contributed by atoms with Crippen molar-refractivity contribution in [1.82, 2.24) is 5.43 Å². The van der Waals surface area contributed by atoms with E-state index in [1.165, 1.54) is 38.2 Å². The van der Waals surface area contributed by atoms with Gasteiger partial charge in [0.1, 0.15) is 5.82 Å². The van der Waals surface area contributed by atoms with Gasteiger partial charge < -0.3 is 4.74 Å². The van der Waals surface area contributed by atoms with E-state index in [0.29, 0.717) is 5.92 Å². The molecule has 0 radical (unpaired) electrons. The summed E-state index contributed by atoms with van der Waals surface area (Å²) in [6, 6.07) is 4.99. The van der Waals surface area contributed by atoms with Gasteiger partial charge in [-0.2, -0.15) is 0 Å². The lowest BCUT2D eigenvalue weighted by Crippen LogP contribution is -2.49. The Morgan fingerprint density at radius 1 is 1.33 bits per heavy atom. The van der Waals surface area contributed by atoms with Crippen LogP contribution in [-0.4, -0.2) is 19.3 Å². The molecule has 1 aliphatic carbocycles. The number of aryl methyl sites for hydroxylation is 1. The molecule has 0 aromatic heterocycles. The van der Waals surface area contributed by atoms with Crippen molar-refractivity contribution in [1.29, 1.82) is 0 Å². The largest absolute Gasteiger partial charge is 0.379 e. The number of rotatable bonds is 6. The maximum absolute atomic E-state index is 13.2. The fraction of sp³-hybridized carbons (Fsp3) is 0.647. The van der Waals surface area contributed by atoms with Gasteiger partial charge in [-0.3, -0.25) is 11.3 Å². The first-order valence-corrected chi connectivity index (χ1v) is 7.89. The number of methoxy groups -OCH3 is 1. The van der Waals surface area contributed by atoms with E-state index in [0.717, 1.165) is 17.5 Å². The van der Waals surface area contributed by atoms with Crippen molar-refractivity contribution in [3.63, 3.8) is 0 Å². The zero-order chi connectivity index (χ0) is 15.2. The predicted molar refractivity (Wildman–Crippen MR) is 83.3 cm³/mol. The Labute approximate surface area is 127 Å². The highest BCUT2D eigenvalue weighted by atomic mass is 19.1. The average Bonchev–Trinajstić information content (AvgIpc) is 2.50. The summed E-state index contributed by atoms with van der Waals surface area (Å²) in [5.41, 5.74) is 5.01. The second kappa shape index (κ2) is 7.87. The third kappa shape index (κ3) is 4.25. The quantitative estimate of drug-likeness (QED) is 0.626. The fourth-order valence-corrected chi connectivity index (χ4v) is 3.54. The molecule has 0 amide bonds. The molecule has 0 heterocycles. The second-order valence-corrected chi connectivity index (χ2v) is 6.15. The summed E-state index contributed by atoms with van der Waals surface area (Å²) in [6.45, 7) is 1.94. The first-order chi connectivity index (χ1) is 10.2. The van der Waals surface area contributed by atoms with Gasteiger partial charge in [0.2, 0.25) is 0 Å². The van der Waals surface area contributed by atoms with Gasteiger partial charge >= 0.3 is 0 Å². The Kier molecular flexibility index (Phi) is 6.15. The molecule has 1 aromatic carbocycles. The first-order valence-electron chi connectivity index (χ1n) is 7.89. The number of halogens is 1. The molecule has 21 heavy (non-hydrogen) atoms. The third-order valence-corrected chi connectivity index (χ3v) is 4.74. The number of ether oxygens (including phenoxy) is 1. The average molecular weight is 294 g/mol. The summed E-state index contributed by atoms with van der Waals surface area (Å²) >= 11 is 0. The van der Waals surface area contributed by atoms with Crippen LogP contribution in [0.25, 0.3) is 0 Å². The molecule has 2 unspecified atom stereocenters. The maximum Gasteiger partial charge on any atom is 0.123 e. The van der Waals surface area contributed by atoms with Crippen LogP contribution in [0.4, 0.5) is 4.39 Å². The van der Waals surface area contributed by atoms with Crippen LogP contribution in [0.2, 0.25) is 0 Å². The Balaban J connectivity index is 2.09. The summed E-state index contributed by atoms with van der Waals surface area (Å²) in [5.74, 6) is 6.15. The van der Waals surface area contributed by atoms with Crippen molar-refractivity contribution in [2.75, 3.05) is 7.11 Å². The monoisotopic (exact) mass is 294 g/mol. The van der Waals surface area contributed by atoms with Crippen LogP contribution in [0.1, 0.15) is 43.2 Å². The zero-order valence-electron chi connectivity index (χ0n) is 13.1. The molecular weight excluding hydrogens is 267 g/mol. The Bertz CT molecular complexity index is 446. The molecule has 4 heteroatoms. The van der Waals surface area contributed by atoms with E-state index in [1.54, 1.807) is 13.2 Å².